The first kappa shape index (κ1) is 48.3. The number of nitrogens with one attached hydrogen (secondary N) is 2. The predicted octanol–water partition coefficient (Wildman–Crippen LogP) is 6.30. The topological polar surface area (TPSA) is 165 Å². The van der Waals surface area contributed by atoms with Crippen molar-refractivity contribution >= 4 is 40.2 Å². The van der Waals surface area contributed by atoms with Crippen LogP contribution in [0.1, 0.15) is 97.7 Å². The van der Waals surface area contributed by atoms with Gasteiger partial charge in [-0.15, -0.1) is 0 Å². The maximum absolute atomic E-state index is 14.8. The number of carboxylic acid groups (broad SMARTS) is 1. The lowest BCUT2D eigenvalue weighted by Crippen LogP contribution is -2.61. The van der Waals surface area contributed by atoms with Gasteiger partial charge < -0.3 is 39.4 Å². The molecule has 2 aromatic heterocycles. The lowest BCUT2D eigenvalue weighted by atomic mass is 9.84. The van der Waals surface area contributed by atoms with Gasteiger partial charge in [0.1, 0.15) is 24.2 Å². The summed E-state index contributed by atoms with van der Waals surface area (Å²) in [5, 5.41) is 24.8. The van der Waals surface area contributed by atoms with Crippen LogP contribution in [0.4, 0.5) is 29.3 Å². The zero-order chi connectivity index (χ0) is 47.0. The minimum absolute atomic E-state index is 0.0335. The SMILES string of the molecule is CC(C)c1ncc(N2CCN(C3CC3)CC2)cc1-c1c(CC(C)(C)CO)c2cc(N3CCO[C@@H](C[C@H](NC(=O)OC(C)(C)C)C(=O)N4CCC[C@@H](C(=O)O)N4)C3)ccc2n1CC(F)(F)F. The lowest BCUT2D eigenvalue weighted by molar-refractivity contribution is -0.148. The maximum Gasteiger partial charge on any atom is 0.408 e. The molecule has 3 aliphatic heterocycles. The molecule has 0 spiro atoms. The fraction of sp³-hybridized carbons (Fsp3) is 0.660. The number of benzene rings is 1. The standard InChI is InChI=1S/C47H67F3N8O7/c1-29(2)40-35(22-32(25-51-40)55-17-15-54(16-18-55)30-10-11-30)41-36(24-46(6,7)28-59)34-21-31(12-13-39(34)57(41)27-47(48,49)50)56-19-20-64-33(26-56)23-38(52-44(63)65-45(3,4)5)42(60)58-14-8-9-37(53-58)43(61)62/h12-13,21-22,25,29-30,33,37-38,53,59H,8-11,14-20,23-24,26-28H2,1-7H3,(H,52,63)(H,61,62)/t33-,37-,38-/m0/s1. The van der Waals surface area contributed by atoms with Gasteiger partial charge in [-0.3, -0.25) is 24.5 Å². The Kier molecular flexibility index (Phi) is 14.3. The monoisotopic (exact) mass is 913 g/mol. The van der Waals surface area contributed by atoms with Crippen molar-refractivity contribution in [2.45, 2.75) is 135 Å². The van der Waals surface area contributed by atoms with Crippen LogP contribution < -0.4 is 20.5 Å². The highest BCUT2D eigenvalue weighted by atomic mass is 19.4. The fourth-order valence-electron chi connectivity index (χ4n) is 9.39. The number of aliphatic hydroxyl groups excluding tert-OH is 1. The molecule has 7 rings (SSSR count). The molecular weight excluding hydrogens is 846 g/mol. The number of ether oxygens (including phenoxy) is 2. The number of aromatic nitrogens is 2. The summed E-state index contributed by atoms with van der Waals surface area (Å²) in [5.74, 6) is -1.72. The molecule has 18 heteroatoms. The molecule has 0 bridgehead atoms. The van der Waals surface area contributed by atoms with Gasteiger partial charge in [0.2, 0.25) is 0 Å². The minimum Gasteiger partial charge on any atom is -0.480 e. The number of amides is 2. The Labute approximate surface area is 379 Å². The van der Waals surface area contributed by atoms with Crippen LogP contribution in [0, 0.1) is 5.41 Å². The second-order valence-corrected chi connectivity index (χ2v) is 20.3. The lowest BCUT2D eigenvalue weighted by Gasteiger charge is -2.38. The van der Waals surface area contributed by atoms with Crippen LogP contribution in [0.3, 0.4) is 0 Å². The van der Waals surface area contributed by atoms with Gasteiger partial charge in [-0.05, 0) is 94.0 Å². The normalized spacial score (nSPS) is 21.0. The number of morpholine rings is 1. The number of fused-ring (bicyclic) bond motifs is 1. The van der Waals surface area contributed by atoms with Crippen molar-refractivity contribution in [3.05, 3.63) is 41.7 Å². The molecule has 3 atom stereocenters. The average Bonchev–Trinajstić information content (AvgIpc) is 4.06. The molecule has 3 aromatic rings. The van der Waals surface area contributed by atoms with E-state index in [1.807, 2.05) is 52.1 Å². The van der Waals surface area contributed by atoms with Gasteiger partial charge in [0.05, 0.1) is 36.0 Å². The van der Waals surface area contributed by atoms with Crippen molar-refractivity contribution in [2.24, 2.45) is 5.41 Å². The van der Waals surface area contributed by atoms with E-state index in [2.05, 4.69) is 25.4 Å². The summed E-state index contributed by atoms with van der Waals surface area (Å²) < 4.78 is 57.5. The van der Waals surface area contributed by atoms with E-state index >= 15 is 0 Å². The highest BCUT2D eigenvalue weighted by molar-refractivity contribution is 5.95. The van der Waals surface area contributed by atoms with Crippen LogP contribution in [0.15, 0.2) is 30.5 Å². The largest absolute Gasteiger partial charge is 0.480 e. The molecule has 1 saturated carbocycles. The van der Waals surface area contributed by atoms with Gasteiger partial charge in [0.15, 0.2) is 0 Å². The number of rotatable bonds is 14. The fourth-order valence-corrected chi connectivity index (χ4v) is 9.39. The first-order chi connectivity index (χ1) is 30.6. The van der Waals surface area contributed by atoms with E-state index in [1.165, 1.54) is 22.4 Å². The van der Waals surface area contributed by atoms with Crippen LogP contribution >= 0.6 is 0 Å². The molecule has 15 nitrogen and oxygen atoms in total. The second-order valence-electron chi connectivity index (χ2n) is 20.3. The highest BCUT2D eigenvalue weighted by Gasteiger charge is 2.38. The number of carboxylic acids is 1. The number of alkyl carbamates (subject to hydrolysis) is 1. The number of hydrogen-bond acceptors (Lipinski definition) is 11. The number of hydrogen-bond donors (Lipinski definition) is 4. The van der Waals surface area contributed by atoms with Gasteiger partial charge in [-0.1, -0.05) is 27.7 Å². The number of hydrazine groups is 1. The first-order valence-corrected chi connectivity index (χ1v) is 23.1. The Morgan fingerprint density at radius 3 is 2.32 bits per heavy atom. The van der Waals surface area contributed by atoms with E-state index in [0.717, 1.165) is 37.6 Å². The number of piperazine rings is 1. The molecule has 0 unspecified atom stereocenters. The van der Waals surface area contributed by atoms with Gasteiger partial charge in [0.25, 0.3) is 5.91 Å². The second kappa shape index (κ2) is 19.3. The maximum atomic E-state index is 14.8. The van der Waals surface area contributed by atoms with Crippen molar-refractivity contribution in [2.75, 3.05) is 68.8 Å². The third-order valence-corrected chi connectivity index (χ3v) is 12.8. The summed E-state index contributed by atoms with van der Waals surface area (Å²) in [6, 6.07) is 6.04. The Morgan fingerprint density at radius 2 is 1.69 bits per heavy atom. The van der Waals surface area contributed by atoms with Gasteiger partial charge in [-0.25, -0.2) is 10.2 Å². The van der Waals surface area contributed by atoms with Crippen LogP contribution in [-0.4, -0.2) is 143 Å². The number of carbonyl (C=O) groups excluding carboxylic acids is 2. The molecule has 4 N–H and O–H groups in total. The zero-order valence-corrected chi connectivity index (χ0v) is 38.8. The number of pyridine rings is 1. The van der Waals surface area contributed by atoms with Crippen LogP contribution in [0.25, 0.3) is 22.2 Å². The summed E-state index contributed by atoms with van der Waals surface area (Å²) in [6.07, 6.45) is -0.540. The number of halogens is 3. The molecular formula is C47H67F3N8O7. The molecule has 1 aromatic carbocycles. The van der Waals surface area contributed by atoms with Crippen molar-refractivity contribution in [1.29, 1.82) is 0 Å². The average molecular weight is 913 g/mol. The Morgan fingerprint density at radius 1 is 0.969 bits per heavy atom. The first-order valence-electron chi connectivity index (χ1n) is 23.1. The number of aliphatic hydroxyl groups is 1. The molecule has 3 saturated heterocycles. The van der Waals surface area contributed by atoms with Crippen molar-refractivity contribution in [3.8, 4) is 11.3 Å². The molecule has 4 aliphatic rings. The van der Waals surface area contributed by atoms with E-state index < -0.39 is 59.9 Å². The highest BCUT2D eigenvalue weighted by Crippen LogP contribution is 2.44. The summed E-state index contributed by atoms with van der Waals surface area (Å²) >= 11 is 0. The van der Waals surface area contributed by atoms with Gasteiger partial charge >= 0.3 is 18.2 Å². The van der Waals surface area contributed by atoms with Crippen LogP contribution in [0.2, 0.25) is 0 Å². The summed E-state index contributed by atoms with van der Waals surface area (Å²) in [5.41, 5.74) is 5.72. The van der Waals surface area contributed by atoms with Crippen molar-refractivity contribution in [3.63, 3.8) is 0 Å². The van der Waals surface area contributed by atoms with E-state index in [9.17, 15) is 37.8 Å². The third kappa shape index (κ3) is 11.8. The molecule has 65 heavy (non-hydrogen) atoms. The van der Waals surface area contributed by atoms with Crippen molar-refractivity contribution in [1.82, 2.24) is 30.2 Å². The van der Waals surface area contributed by atoms with Crippen LogP contribution in [-0.2, 0) is 32.0 Å². The Hall–Kier alpha value is -4.65. The van der Waals surface area contributed by atoms with E-state index in [4.69, 9.17) is 14.5 Å². The van der Waals surface area contributed by atoms with E-state index in [1.54, 1.807) is 26.8 Å². The van der Waals surface area contributed by atoms with Crippen LogP contribution in [0.5, 0.6) is 0 Å². The number of aliphatic carboxylic acids is 1. The number of alkyl halides is 3. The summed E-state index contributed by atoms with van der Waals surface area (Å²) in [7, 11) is 0. The third-order valence-electron chi connectivity index (χ3n) is 12.8. The van der Waals surface area contributed by atoms with Gasteiger partial charge in [0, 0.05) is 87.0 Å². The quantitative estimate of drug-likeness (QED) is 0.143. The minimum atomic E-state index is -4.55. The smallest absolute Gasteiger partial charge is 0.408 e. The van der Waals surface area contributed by atoms with E-state index in [-0.39, 0.29) is 45.1 Å². The molecule has 4 fully saturated rings. The molecule has 0 radical (unpaired) electrons. The number of carbonyl (C=O) groups is 3. The molecule has 1 aliphatic carbocycles. The predicted molar refractivity (Wildman–Crippen MR) is 242 cm³/mol. The summed E-state index contributed by atoms with van der Waals surface area (Å²) in [6.45, 7) is 16.2. The number of anilines is 2. The molecule has 2 amide bonds. The van der Waals surface area contributed by atoms with Crippen molar-refractivity contribution < 1.29 is 47.2 Å². The Balaban J connectivity index is 1.25. The summed E-state index contributed by atoms with van der Waals surface area (Å²) in [4.78, 5) is 50.7. The zero-order valence-electron chi connectivity index (χ0n) is 38.8. The molecule has 358 valence electrons. The van der Waals surface area contributed by atoms with E-state index in [0.29, 0.717) is 58.8 Å². The Bertz CT molecular complexity index is 2200. The van der Waals surface area contributed by atoms with Gasteiger partial charge in [-0.2, -0.15) is 13.2 Å². The number of nitrogens with zero attached hydrogens (tertiary/aromatic N) is 6. The molecule has 5 heterocycles.